The largest absolute Gasteiger partial charge is 0.349 e. The van der Waals surface area contributed by atoms with Gasteiger partial charge in [-0.2, -0.15) is 0 Å². The number of carbonyl (C=O) groups is 1. The van der Waals surface area contributed by atoms with Gasteiger partial charge < -0.3 is 15.3 Å². The van der Waals surface area contributed by atoms with Crippen LogP contribution >= 0.6 is 0 Å². The molecule has 0 spiro atoms. The Morgan fingerprint density at radius 2 is 1.96 bits per heavy atom. The highest BCUT2D eigenvalue weighted by Crippen LogP contribution is 2.32. The minimum Gasteiger partial charge on any atom is -0.349 e. The Morgan fingerprint density at radius 1 is 1.16 bits per heavy atom. The van der Waals surface area contributed by atoms with E-state index in [9.17, 15) is 9.59 Å². The molecule has 1 aliphatic carbocycles. The molecule has 3 N–H and O–H groups in total. The Labute approximate surface area is 145 Å². The maximum absolute atomic E-state index is 12.8. The number of rotatable bonds is 3. The second-order valence-electron chi connectivity index (χ2n) is 6.76. The van der Waals surface area contributed by atoms with Crippen molar-refractivity contribution in [1.82, 2.24) is 15.3 Å². The van der Waals surface area contributed by atoms with Crippen LogP contribution in [-0.4, -0.2) is 15.9 Å². The fraction of sp³-hybridized carbons (Fsp3) is 0.300. The van der Waals surface area contributed by atoms with Crippen molar-refractivity contribution in [3.8, 4) is 0 Å². The van der Waals surface area contributed by atoms with E-state index in [0.717, 1.165) is 41.4 Å². The monoisotopic (exact) mass is 335 g/mol. The molecule has 0 fully saturated rings. The summed E-state index contributed by atoms with van der Waals surface area (Å²) in [5.41, 5.74) is 4.72. The van der Waals surface area contributed by atoms with Crippen molar-refractivity contribution in [3.63, 3.8) is 0 Å². The number of aromatic nitrogens is 2. The molecular weight excluding hydrogens is 314 g/mol. The van der Waals surface area contributed by atoms with Crippen molar-refractivity contribution in [2.75, 3.05) is 0 Å². The summed E-state index contributed by atoms with van der Waals surface area (Å²) in [7, 11) is 0. The Hall–Kier alpha value is -2.82. The van der Waals surface area contributed by atoms with Crippen LogP contribution in [0.5, 0.6) is 0 Å². The summed E-state index contributed by atoms with van der Waals surface area (Å²) in [6.07, 6.45) is 2.98. The van der Waals surface area contributed by atoms with Crippen LogP contribution in [-0.2, 0) is 11.2 Å². The Balaban J connectivity index is 1.55. The fourth-order valence-corrected chi connectivity index (χ4v) is 3.74. The predicted molar refractivity (Wildman–Crippen MR) is 97.6 cm³/mol. The maximum Gasteiger partial charge on any atom is 0.323 e. The van der Waals surface area contributed by atoms with Gasteiger partial charge in [0.15, 0.2) is 0 Å². The lowest BCUT2D eigenvalue weighted by molar-refractivity contribution is -0.123. The first-order valence-electron chi connectivity index (χ1n) is 8.72. The summed E-state index contributed by atoms with van der Waals surface area (Å²) in [4.78, 5) is 29.7. The van der Waals surface area contributed by atoms with E-state index in [0.29, 0.717) is 0 Å². The average molecular weight is 335 g/mol. The van der Waals surface area contributed by atoms with Gasteiger partial charge in [-0.25, -0.2) is 4.79 Å². The van der Waals surface area contributed by atoms with Crippen molar-refractivity contribution in [1.29, 1.82) is 0 Å². The minimum absolute atomic E-state index is 0.0716. The third-order valence-electron chi connectivity index (χ3n) is 5.08. The first-order chi connectivity index (χ1) is 12.1. The topological polar surface area (TPSA) is 77.8 Å². The van der Waals surface area contributed by atoms with Gasteiger partial charge in [0.1, 0.15) is 0 Å². The van der Waals surface area contributed by atoms with Crippen LogP contribution in [0.4, 0.5) is 0 Å². The second-order valence-corrected chi connectivity index (χ2v) is 6.76. The van der Waals surface area contributed by atoms with Crippen molar-refractivity contribution in [2.24, 2.45) is 0 Å². The number of hydrogen-bond acceptors (Lipinski definition) is 2. The zero-order chi connectivity index (χ0) is 17.4. The van der Waals surface area contributed by atoms with E-state index < -0.39 is 0 Å². The molecule has 4 rings (SSSR count). The molecule has 5 heteroatoms. The van der Waals surface area contributed by atoms with Crippen LogP contribution in [0.15, 0.2) is 47.3 Å². The SMILES string of the molecule is CC(NC(=O)C1CCCc2ccccc21)c1ccc2[nH]c(=O)[nH]c2c1. The van der Waals surface area contributed by atoms with E-state index in [1.807, 2.05) is 37.3 Å². The molecular formula is C20H21N3O2. The zero-order valence-electron chi connectivity index (χ0n) is 14.1. The van der Waals surface area contributed by atoms with Crippen LogP contribution < -0.4 is 11.0 Å². The zero-order valence-corrected chi connectivity index (χ0v) is 14.1. The Kier molecular flexibility index (Phi) is 3.92. The molecule has 5 nitrogen and oxygen atoms in total. The highest BCUT2D eigenvalue weighted by molar-refractivity contribution is 5.85. The van der Waals surface area contributed by atoms with E-state index in [4.69, 9.17) is 0 Å². The number of aryl methyl sites for hydroxylation is 1. The molecule has 0 saturated heterocycles. The van der Waals surface area contributed by atoms with Crippen LogP contribution in [0.25, 0.3) is 11.0 Å². The van der Waals surface area contributed by atoms with E-state index in [-0.39, 0.29) is 23.6 Å². The highest BCUT2D eigenvalue weighted by atomic mass is 16.2. The van der Waals surface area contributed by atoms with Crippen LogP contribution in [0, 0.1) is 0 Å². The third kappa shape index (κ3) is 2.97. The van der Waals surface area contributed by atoms with Crippen molar-refractivity contribution < 1.29 is 4.79 Å². The van der Waals surface area contributed by atoms with Gasteiger partial charge in [-0.1, -0.05) is 30.3 Å². The molecule has 25 heavy (non-hydrogen) atoms. The molecule has 0 saturated carbocycles. The molecule has 0 aliphatic heterocycles. The minimum atomic E-state index is -0.220. The summed E-state index contributed by atoms with van der Waals surface area (Å²) < 4.78 is 0. The van der Waals surface area contributed by atoms with E-state index in [1.54, 1.807) is 0 Å². The Morgan fingerprint density at radius 3 is 2.84 bits per heavy atom. The number of fused-ring (bicyclic) bond motifs is 2. The lowest BCUT2D eigenvalue weighted by atomic mass is 9.82. The smallest absolute Gasteiger partial charge is 0.323 e. The van der Waals surface area contributed by atoms with Gasteiger partial charge in [-0.15, -0.1) is 0 Å². The van der Waals surface area contributed by atoms with E-state index in [2.05, 4.69) is 27.4 Å². The summed E-state index contributed by atoms with van der Waals surface area (Å²) in [5.74, 6) is -0.00879. The number of imidazole rings is 1. The van der Waals surface area contributed by atoms with Crippen LogP contribution in [0.1, 0.15) is 48.4 Å². The van der Waals surface area contributed by atoms with Crippen LogP contribution in [0.3, 0.4) is 0 Å². The van der Waals surface area contributed by atoms with Gasteiger partial charge in [-0.3, -0.25) is 4.79 Å². The van der Waals surface area contributed by atoms with Gasteiger partial charge >= 0.3 is 5.69 Å². The molecule has 2 unspecified atom stereocenters. The standard InChI is InChI=1S/C20H21N3O2/c1-12(14-9-10-17-18(11-14)23-20(25)22-17)21-19(24)16-8-4-6-13-5-2-3-7-15(13)16/h2-3,5,7,9-12,16H,4,6,8H2,1H3,(H,21,24)(H2,22,23,25). The fourth-order valence-electron chi connectivity index (χ4n) is 3.74. The van der Waals surface area contributed by atoms with Gasteiger partial charge in [0.05, 0.1) is 23.0 Å². The van der Waals surface area contributed by atoms with Gasteiger partial charge in [-0.05, 0) is 55.0 Å². The molecule has 0 radical (unpaired) electrons. The molecule has 2 atom stereocenters. The summed E-state index contributed by atoms with van der Waals surface area (Å²) >= 11 is 0. The number of carbonyl (C=O) groups excluding carboxylic acids is 1. The van der Waals surface area contributed by atoms with Gasteiger partial charge in [0.2, 0.25) is 5.91 Å². The normalized spacial score (nSPS) is 17.9. The molecule has 1 amide bonds. The quantitative estimate of drug-likeness (QED) is 0.687. The maximum atomic E-state index is 12.8. The highest BCUT2D eigenvalue weighted by Gasteiger charge is 2.27. The first kappa shape index (κ1) is 15.7. The molecule has 2 aromatic carbocycles. The first-order valence-corrected chi connectivity index (χ1v) is 8.72. The van der Waals surface area contributed by atoms with Crippen molar-refractivity contribution >= 4 is 16.9 Å². The lowest BCUT2D eigenvalue weighted by Gasteiger charge is -2.26. The molecule has 1 heterocycles. The number of nitrogens with one attached hydrogen (secondary N) is 3. The average Bonchev–Trinajstić information content (AvgIpc) is 3.00. The number of hydrogen-bond donors (Lipinski definition) is 3. The Bertz CT molecular complexity index is 986. The van der Waals surface area contributed by atoms with E-state index >= 15 is 0 Å². The van der Waals surface area contributed by atoms with Gasteiger partial charge in [0, 0.05) is 0 Å². The number of amides is 1. The molecule has 1 aliphatic rings. The van der Waals surface area contributed by atoms with Crippen molar-refractivity contribution in [3.05, 3.63) is 69.6 Å². The van der Waals surface area contributed by atoms with Crippen LogP contribution in [0.2, 0.25) is 0 Å². The summed E-state index contributed by atoms with van der Waals surface area (Å²) in [6, 6.07) is 13.8. The molecule has 128 valence electrons. The molecule has 3 aromatic rings. The molecule has 1 aromatic heterocycles. The van der Waals surface area contributed by atoms with E-state index in [1.165, 1.54) is 5.56 Å². The summed E-state index contributed by atoms with van der Waals surface area (Å²) in [5, 5.41) is 3.14. The van der Waals surface area contributed by atoms with Crippen molar-refractivity contribution in [2.45, 2.75) is 38.1 Å². The predicted octanol–water partition coefficient (Wildman–Crippen LogP) is 3.15. The second kappa shape index (κ2) is 6.24. The number of benzene rings is 2. The molecule has 0 bridgehead atoms. The lowest BCUT2D eigenvalue weighted by Crippen LogP contribution is -2.33. The number of aromatic amines is 2. The van der Waals surface area contributed by atoms with Gasteiger partial charge in [0.25, 0.3) is 0 Å². The number of H-pyrrole nitrogens is 2. The summed E-state index contributed by atoms with van der Waals surface area (Å²) in [6.45, 7) is 1.97. The third-order valence-corrected chi connectivity index (χ3v) is 5.08.